The summed E-state index contributed by atoms with van der Waals surface area (Å²) in [6, 6.07) is 5.02. The van der Waals surface area contributed by atoms with Crippen molar-refractivity contribution in [2.75, 3.05) is 18.4 Å². The summed E-state index contributed by atoms with van der Waals surface area (Å²) >= 11 is 1.33. The minimum absolute atomic E-state index is 0.0312. The van der Waals surface area contributed by atoms with E-state index in [1.807, 2.05) is 13.8 Å². The van der Waals surface area contributed by atoms with E-state index in [1.54, 1.807) is 22.5 Å². The van der Waals surface area contributed by atoms with Gasteiger partial charge in [0, 0.05) is 19.0 Å². The molecule has 8 heteroatoms. The van der Waals surface area contributed by atoms with Crippen LogP contribution >= 0.6 is 11.3 Å². The maximum atomic E-state index is 13.0. The summed E-state index contributed by atoms with van der Waals surface area (Å²) < 4.78 is 28.3. The Morgan fingerprint density at radius 3 is 2.50 bits per heavy atom. The monoisotopic (exact) mass is 423 g/mol. The van der Waals surface area contributed by atoms with Crippen molar-refractivity contribution >= 4 is 42.6 Å². The summed E-state index contributed by atoms with van der Waals surface area (Å²) in [5, 5.41) is 3.47. The number of nitrogens with zero attached hydrogens (tertiary/aromatic N) is 2. The SMILES string of the molecule is CCCN(CCC)S(=O)(=O)c1ccc2nc(NC(=O)C3CCCCC3)sc2c1. The van der Waals surface area contributed by atoms with Gasteiger partial charge < -0.3 is 5.32 Å². The van der Waals surface area contributed by atoms with Crippen LogP contribution in [0.5, 0.6) is 0 Å². The van der Waals surface area contributed by atoms with Gasteiger partial charge in [-0.2, -0.15) is 4.31 Å². The average molecular weight is 424 g/mol. The van der Waals surface area contributed by atoms with Crippen molar-refractivity contribution in [2.24, 2.45) is 5.92 Å². The molecule has 154 valence electrons. The number of aromatic nitrogens is 1. The van der Waals surface area contributed by atoms with E-state index in [4.69, 9.17) is 0 Å². The van der Waals surface area contributed by atoms with E-state index < -0.39 is 10.0 Å². The van der Waals surface area contributed by atoms with Gasteiger partial charge in [0.2, 0.25) is 15.9 Å². The highest BCUT2D eigenvalue weighted by molar-refractivity contribution is 7.89. The van der Waals surface area contributed by atoms with Gasteiger partial charge in [0.05, 0.1) is 15.1 Å². The fourth-order valence-corrected chi connectivity index (χ4v) is 6.32. The number of carbonyl (C=O) groups is 1. The summed E-state index contributed by atoms with van der Waals surface area (Å²) in [5.41, 5.74) is 0.709. The molecule has 0 aliphatic heterocycles. The van der Waals surface area contributed by atoms with Gasteiger partial charge in [-0.3, -0.25) is 4.79 Å². The number of hydrogen-bond donors (Lipinski definition) is 1. The Labute approximate surface area is 171 Å². The molecule has 28 heavy (non-hydrogen) atoms. The number of benzene rings is 1. The molecule has 1 heterocycles. The number of rotatable bonds is 8. The lowest BCUT2D eigenvalue weighted by Crippen LogP contribution is -2.32. The van der Waals surface area contributed by atoms with E-state index in [2.05, 4.69) is 10.3 Å². The highest BCUT2D eigenvalue weighted by Gasteiger charge is 2.25. The van der Waals surface area contributed by atoms with Crippen molar-refractivity contribution in [1.82, 2.24) is 9.29 Å². The Bertz CT molecular complexity index is 912. The largest absolute Gasteiger partial charge is 0.302 e. The third-order valence-electron chi connectivity index (χ3n) is 5.15. The van der Waals surface area contributed by atoms with Crippen LogP contribution in [-0.2, 0) is 14.8 Å². The molecule has 1 fully saturated rings. The zero-order valence-electron chi connectivity index (χ0n) is 16.6. The Morgan fingerprint density at radius 1 is 1.18 bits per heavy atom. The number of sulfonamides is 1. The molecular formula is C20H29N3O3S2. The molecule has 6 nitrogen and oxygen atoms in total. The molecule has 2 aromatic rings. The number of carbonyl (C=O) groups excluding carboxylic acids is 1. The number of fused-ring (bicyclic) bond motifs is 1. The van der Waals surface area contributed by atoms with Gasteiger partial charge in [-0.05, 0) is 43.9 Å². The quantitative estimate of drug-likeness (QED) is 0.671. The first-order chi connectivity index (χ1) is 13.5. The molecule has 0 saturated heterocycles. The second-order valence-electron chi connectivity index (χ2n) is 7.38. The van der Waals surface area contributed by atoms with Gasteiger partial charge in [-0.1, -0.05) is 44.4 Å². The second kappa shape index (κ2) is 9.33. The number of anilines is 1. The van der Waals surface area contributed by atoms with Crippen LogP contribution in [0.2, 0.25) is 0 Å². The van der Waals surface area contributed by atoms with Gasteiger partial charge in [0.15, 0.2) is 5.13 Å². The van der Waals surface area contributed by atoms with E-state index in [0.29, 0.717) is 23.7 Å². The third-order valence-corrected chi connectivity index (χ3v) is 7.98. The Hall–Kier alpha value is -1.51. The summed E-state index contributed by atoms with van der Waals surface area (Å²) in [6.07, 6.45) is 6.83. The standard InChI is InChI=1S/C20H29N3O3S2/c1-3-12-23(13-4-2)28(25,26)16-10-11-17-18(14-16)27-20(21-17)22-19(24)15-8-6-5-7-9-15/h10-11,14-15H,3-9,12-13H2,1-2H3,(H,21,22,24). The van der Waals surface area contributed by atoms with E-state index in [9.17, 15) is 13.2 Å². The Kier molecular flexibility index (Phi) is 7.06. The number of nitrogens with one attached hydrogen (secondary N) is 1. The van der Waals surface area contributed by atoms with Gasteiger partial charge in [-0.15, -0.1) is 0 Å². The molecule has 1 aromatic carbocycles. The molecule has 0 spiro atoms. The van der Waals surface area contributed by atoms with Crippen LogP contribution in [-0.4, -0.2) is 36.7 Å². The lowest BCUT2D eigenvalue weighted by molar-refractivity contribution is -0.120. The number of thiazole rings is 1. The Morgan fingerprint density at radius 2 is 1.86 bits per heavy atom. The molecule has 1 aliphatic carbocycles. The van der Waals surface area contributed by atoms with Crippen LogP contribution in [0.15, 0.2) is 23.1 Å². The van der Waals surface area contributed by atoms with Gasteiger partial charge in [0.25, 0.3) is 0 Å². The van der Waals surface area contributed by atoms with Gasteiger partial charge in [0.1, 0.15) is 0 Å². The summed E-state index contributed by atoms with van der Waals surface area (Å²) in [7, 11) is -3.52. The molecule has 0 atom stereocenters. The van der Waals surface area contributed by atoms with E-state index in [-0.39, 0.29) is 16.7 Å². The van der Waals surface area contributed by atoms with Crippen LogP contribution in [0.1, 0.15) is 58.8 Å². The third kappa shape index (κ3) is 4.72. The summed E-state index contributed by atoms with van der Waals surface area (Å²) in [6.45, 7) is 4.98. The van der Waals surface area contributed by atoms with Crippen molar-refractivity contribution in [3.8, 4) is 0 Å². The average Bonchev–Trinajstić information content (AvgIpc) is 3.09. The first kappa shape index (κ1) is 21.2. The predicted octanol–water partition coefficient (Wildman–Crippen LogP) is 4.63. The number of amides is 1. The first-order valence-corrected chi connectivity index (χ1v) is 12.4. The number of hydrogen-bond acceptors (Lipinski definition) is 5. The van der Waals surface area contributed by atoms with Crippen LogP contribution in [0, 0.1) is 5.92 Å². The minimum Gasteiger partial charge on any atom is -0.302 e. The zero-order chi connectivity index (χ0) is 20.1. The maximum absolute atomic E-state index is 13.0. The molecular weight excluding hydrogens is 394 g/mol. The second-order valence-corrected chi connectivity index (χ2v) is 10.3. The highest BCUT2D eigenvalue weighted by atomic mass is 32.2. The van der Waals surface area contributed by atoms with Crippen molar-refractivity contribution < 1.29 is 13.2 Å². The van der Waals surface area contributed by atoms with Crippen LogP contribution in [0.25, 0.3) is 10.2 Å². The van der Waals surface area contributed by atoms with Gasteiger partial charge in [-0.25, -0.2) is 13.4 Å². The smallest absolute Gasteiger partial charge is 0.243 e. The predicted molar refractivity (Wildman–Crippen MR) is 114 cm³/mol. The topological polar surface area (TPSA) is 79.4 Å². The van der Waals surface area contributed by atoms with Crippen molar-refractivity contribution in [1.29, 1.82) is 0 Å². The van der Waals surface area contributed by atoms with Crippen molar-refractivity contribution in [3.05, 3.63) is 18.2 Å². The summed E-state index contributed by atoms with van der Waals surface area (Å²) in [5.74, 6) is 0.0945. The zero-order valence-corrected chi connectivity index (χ0v) is 18.2. The van der Waals surface area contributed by atoms with Crippen LogP contribution < -0.4 is 5.32 Å². The molecule has 1 saturated carbocycles. The normalized spacial score (nSPS) is 16.0. The molecule has 0 bridgehead atoms. The molecule has 1 N–H and O–H groups in total. The van der Waals surface area contributed by atoms with Crippen molar-refractivity contribution in [2.45, 2.75) is 63.7 Å². The maximum Gasteiger partial charge on any atom is 0.243 e. The Balaban J connectivity index is 1.81. The molecule has 3 rings (SSSR count). The fraction of sp³-hybridized carbons (Fsp3) is 0.600. The van der Waals surface area contributed by atoms with Crippen LogP contribution in [0.3, 0.4) is 0 Å². The highest BCUT2D eigenvalue weighted by Crippen LogP contribution is 2.31. The van der Waals surface area contributed by atoms with Crippen molar-refractivity contribution in [3.63, 3.8) is 0 Å². The lowest BCUT2D eigenvalue weighted by atomic mass is 9.89. The first-order valence-electron chi connectivity index (χ1n) is 10.2. The lowest BCUT2D eigenvalue weighted by Gasteiger charge is -2.20. The molecule has 1 aliphatic rings. The van der Waals surface area contributed by atoms with Gasteiger partial charge >= 0.3 is 0 Å². The fourth-order valence-electron chi connectivity index (χ4n) is 3.69. The minimum atomic E-state index is -3.52. The van der Waals surface area contributed by atoms with E-state index in [1.165, 1.54) is 17.8 Å². The summed E-state index contributed by atoms with van der Waals surface area (Å²) in [4.78, 5) is 17.2. The molecule has 1 amide bonds. The molecule has 0 radical (unpaired) electrons. The van der Waals surface area contributed by atoms with E-state index >= 15 is 0 Å². The molecule has 1 aromatic heterocycles. The van der Waals surface area contributed by atoms with E-state index in [0.717, 1.165) is 43.2 Å². The van der Waals surface area contributed by atoms with Crippen LogP contribution in [0.4, 0.5) is 5.13 Å². The molecule has 0 unspecified atom stereocenters.